The first-order valence-electron chi connectivity index (χ1n) is 8.55. The normalized spacial score (nSPS) is 17.3. The van der Waals surface area contributed by atoms with Crippen molar-refractivity contribution in [1.82, 2.24) is 0 Å². The van der Waals surface area contributed by atoms with E-state index in [0.717, 1.165) is 18.7 Å². The summed E-state index contributed by atoms with van der Waals surface area (Å²) >= 11 is 0. The van der Waals surface area contributed by atoms with Crippen LogP contribution in [0, 0.1) is 0 Å². The van der Waals surface area contributed by atoms with Gasteiger partial charge in [-0.2, -0.15) is 0 Å². The maximum Gasteiger partial charge on any atom is 0.308 e. The van der Waals surface area contributed by atoms with Crippen LogP contribution in [0.5, 0.6) is 0 Å². The highest BCUT2D eigenvalue weighted by Crippen LogP contribution is 2.36. The van der Waals surface area contributed by atoms with Gasteiger partial charge in [-0.05, 0) is 50.5 Å². The molecule has 1 unspecified atom stereocenters. The molecule has 3 heteroatoms. The van der Waals surface area contributed by atoms with Crippen LogP contribution >= 0.6 is 0 Å². The SMILES string of the molecule is CC(C)(C)OC(=O)CC1c2ccccc2CCN1c1ccccc1. The molecule has 1 heterocycles. The molecule has 0 aliphatic carbocycles. The van der Waals surface area contributed by atoms with Crippen LogP contribution in [-0.4, -0.2) is 18.1 Å². The van der Waals surface area contributed by atoms with Gasteiger partial charge in [-0.25, -0.2) is 0 Å². The maximum atomic E-state index is 12.5. The Balaban J connectivity index is 1.91. The van der Waals surface area contributed by atoms with Crippen molar-refractivity contribution in [2.75, 3.05) is 11.4 Å². The van der Waals surface area contributed by atoms with Crippen LogP contribution in [0.3, 0.4) is 0 Å². The van der Waals surface area contributed by atoms with Crippen molar-refractivity contribution in [3.05, 3.63) is 65.7 Å². The van der Waals surface area contributed by atoms with Gasteiger partial charge >= 0.3 is 5.97 Å². The van der Waals surface area contributed by atoms with Gasteiger partial charge < -0.3 is 9.64 Å². The first-order valence-corrected chi connectivity index (χ1v) is 8.55. The lowest BCUT2D eigenvalue weighted by Gasteiger charge is -2.39. The van der Waals surface area contributed by atoms with Crippen molar-refractivity contribution < 1.29 is 9.53 Å². The number of carbonyl (C=O) groups excluding carboxylic acids is 1. The number of nitrogens with zero attached hydrogens (tertiary/aromatic N) is 1. The van der Waals surface area contributed by atoms with Gasteiger partial charge in [0.25, 0.3) is 0 Å². The lowest BCUT2D eigenvalue weighted by molar-refractivity contribution is -0.155. The first kappa shape index (κ1) is 16.6. The molecule has 0 saturated carbocycles. The van der Waals surface area contributed by atoms with Crippen LogP contribution in [0.4, 0.5) is 5.69 Å². The Morgan fingerprint density at radius 1 is 1.08 bits per heavy atom. The molecule has 0 amide bonds. The van der Waals surface area contributed by atoms with Crippen LogP contribution in [0.1, 0.15) is 44.4 Å². The molecule has 2 aromatic carbocycles. The molecule has 0 bridgehead atoms. The van der Waals surface area contributed by atoms with E-state index in [1.807, 2.05) is 39.0 Å². The highest BCUT2D eigenvalue weighted by Gasteiger charge is 2.30. The molecule has 126 valence electrons. The van der Waals surface area contributed by atoms with Crippen LogP contribution in [0.15, 0.2) is 54.6 Å². The molecule has 2 aromatic rings. The zero-order valence-corrected chi connectivity index (χ0v) is 14.7. The molecule has 0 radical (unpaired) electrons. The Morgan fingerprint density at radius 2 is 1.75 bits per heavy atom. The number of anilines is 1. The van der Waals surface area contributed by atoms with Crippen molar-refractivity contribution in [1.29, 1.82) is 0 Å². The molecule has 0 saturated heterocycles. The van der Waals surface area contributed by atoms with E-state index in [2.05, 4.69) is 41.3 Å². The second kappa shape index (κ2) is 6.68. The standard InChI is InChI=1S/C21H25NO2/c1-21(2,3)24-20(23)15-19-18-12-8-7-9-16(18)13-14-22(19)17-10-5-4-6-11-17/h4-12,19H,13-15H2,1-3H3. The summed E-state index contributed by atoms with van der Waals surface area (Å²) in [5.74, 6) is -0.148. The summed E-state index contributed by atoms with van der Waals surface area (Å²) in [5.41, 5.74) is 3.26. The Morgan fingerprint density at radius 3 is 2.46 bits per heavy atom. The molecule has 0 spiro atoms. The molecule has 24 heavy (non-hydrogen) atoms. The average Bonchev–Trinajstić information content (AvgIpc) is 2.54. The van der Waals surface area contributed by atoms with E-state index in [9.17, 15) is 4.79 Å². The minimum atomic E-state index is -0.456. The van der Waals surface area contributed by atoms with Crippen LogP contribution in [0.25, 0.3) is 0 Å². The number of hydrogen-bond donors (Lipinski definition) is 0. The summed E-state index contributed by atoms with van der Waals surface area (Å²) in [6.45, 7) is 6.65. The Bertz CT molecular complexity index is 703. The molecule has 0 aromatic heterocycles. The van der Waals surface area contributed by atoms with Crippen molar-refractivity contribution in [2.45, 2.75) is 45.3 Å². The third kappa shape index (κ3) is 3.78. The largest absolute Gasteiger partial charge is 0.460 e. The van der Waals surface area contributed by atoms with E-state index >= 15 is 0 Å². The fraction of sp³-hybridized carbons (Fsp3) is 0.381. The lowest BCUT2D eigenvalue weighted by atomic mass is 9.90. The van der Waals surface area contributed by atoms with Crippen molar-refractivity contribution >= 4 is 11.7 Å². The smallest absolute Gasteiger partial charge is 0.308 e. The topological polar surface area (TPSA) is 29.5 Å². The highest BCUT2D eigenvalue weighted by molar-refractivity contribution is 5.72. The average molecular weight is 323 g/mol. The van der Waals surface area contributed by atoms with Gasteiger partial charge in [-0.15, -0.1) is 0 Å². The second-order valence-corrected chi connectivity index (χ2v) is 7.28. The van der Waals surface area contributed by atoms with Crippen molar-refractivity contribution in [3.63, 3.8) is 0 Å². The molecule has 0 fully saturated rings. The van der Waals surface area contributed by atoms with Gasteiger partial charge in [0.15, 0.2) is 0 Å². The molecule has 0 N–H and O–H groups in total. The Kier molecular flexibility index (Phi) is 4.61. The number of carbonyl (C=O) groups is 1. The number of ether oxygens (including phenoxy) is 1. The van der Waals surface area contributed by atoms with E-state index in [1.54, 1.807) is 0 Å². The summed E-state index contributed by atoms with van der Waals surface area (Å²) in [6, 6.07) is 18.8. The summed E-state index contributed by atoms with van der Waals surface area (Å²) in [5, 5.41) is 0. The molecular formula is C21H25NO2. The molecular weight excluding hydrogens is 298 g/mol. The van der Waals surface area contributed by atoms with Gasteiger partial charge in [0.05, 0.1) is 12.5 Å². The number of fused-ring (bicyclic) bond motifs is 1. The van der Waals surface area contributed by atoms with Crippen LogP contribution in [-0.2, 0) is 16.0 Å². The van der Waals surface area contributed by atoms with E-state index < -0.39 is 5.60 Å². The van der Waals surface area contributed by atoms with Crippen LogP contribution < -0.4 is 4.90 Å². The molecule has 1 aliphatic heterocycles. The van der Waals surface area contributed by atoms with Gasteiger partial charge in [-0.3, -0.25) is 4.79 Å². The molecule has 3 rings (SSSR count). The second-order valence-electron chi connectivity index (χ2n) is 7.28. The molecule has 3 nitrogen and oxygen atoms in total. The maximum absolute atomic E-state index is 12.5. The minimum Gasteiger partial charge on any atom is -0.460 e. The highest BCUT2D eigenvalue weighted by atomic mass is 16.6. The number of esters is 1. The summed E-state index contributed by atoms with van der Waals surface area (Å²) < 4.78 is 5.57. The number of benzene rings is 2. The molecule has 1 aliphatic rings. The fourth-order valence-corrected chi connectivity index (χ4v) is 3.34. The first-order chi connectivity index (χ1) is 11.4. The van der Waals surface area contributed by atoms with Gasteiger partial charge in [0.2, 0.25) is 0 Å². The monoisotopic (exact) mass is 323 g/mol. The summed E-state index contributed by atoms with van der Waals surface area (Å²) in [7, 11) is 0. The van der Waals surface area contributed by atoms with Gasteiger partial charge in [0.1, 0.15) is 5.60 Å². The zero-order chi connectivity index (χ0) is 17.2. The number of hydrogen-bond acceptors (Lipinski definition) is 3. The van der Waals surface area contributed by atoms with Gasteiger partial charge in [0, 0.05) is 12.2 Å². The predicted molar refractivity (Wildman–Crippen MR) is 97.1 cm³/mol. The lowest BCUT2D eigenvalue weighted by Crippen LogP contribution is -2.37. The van der Waals surface area contributed by atoms with E-state index in [-0.39, 0.29) is 12.0 Å². The van der Waals surface area contributed by atoms with E-state index in [1.165, 1.54) is 11.1 Å². The minimum absolute atomic E-state index is 0.0206. The van der Waals surface area contributed by atoms with Crippen molar-refractivity contribution in [3.8, 4) is 0 Å². The van der Waals surface area contributed by atoms with Gasteiger partial charge in [-0.1, -0.05) is 42.5 Å². The summed E-state index contributed by atoms with van der Waals surface area (Å²) in [6.07, 6.45) is 1.36. The number of rotatable bonds is 3. The molecule has 1 atom stereocenters. The third-order valence-electron chi connectivity index (χ3n) is 4.28. The van der Waals surface area contributed by atoms with Crippen LogP contribution in [0.2, 0.25) is 0 Å². The fourth-order valence-electron chi connectivity index (χ4n) is 3.34. The quantitative estimate of drug-likeness (QED) is 0.778. The van der Waals surface area contributed by atoms with Crippen molar-refractivity contribution in [2.24, 2.45) is 0 Å². The van der Waals surface area contributed by atoms with E-state index in [4.69, 9.17) is 4.74 Å². The third-order valence-corrected chi connectivity index (χ3v) is 4.28. The Labute approximate surface area is 144 Å². The predicted octanol–water partition coefficient (Wildman–Crippen LogP) is 4.52. The van der Waals surface area contributed by atoms with E-state index in [0.29, 0.717) is 6.42 Å². The Hall–Kier alpha value is -2.29. The number of para-hydroxylation sites is 1. The zero-order valence-electron chi connectivity index (χ0n) is 14.7. The summed E-state index contributed by atoms with van der Waals surface area (Å²) in [4.78, 5) is 14.8.